The van der Waals surface area contributed by atoms with Crippen molar-refractivity contribution >= 4 is 41.4 Å². The van der Waals surface area contributed by atoms with Crippen LogP contribution in [0.15, 0.2) is 23.1 Å². The third kappa shape index (κ3) is 3.50. The summed E-state index contributed by atoms with van der Waals surface area (Å²) in [4.78, 5) is 14.3. The van der Waals surface area contributed by atoms with Crippen molar-refractivity contribution in [3.63, 3.8) is 0 Å². The van der Waals surface area contributed by atoms with E-state index in [1.165, 1.54) is 12.1 Å². The Kier molecular flexibility index (Phi) is 6.42. The highest BCUT2D eigenvalue weighted by atomic mass is 35.5. The SMILES string of the molecule is COc1c(N2CCNC(C)C2)c(F)cc2c(=O)ccn(C3CC3)c12.Cl.Cl. The number of ether oxygens (including phenoxy) is 1. The molecule has 8 heteroatoms. The van der Waals surface area contributed by atoms with Crippen molar-refractivity contribution in [2.75, 3.05) is 31.6 Å². The minimum absolute atomic E-state index is 0. The number of nitrogens with zero attached hydrogens (tertiary/aromatic N) is 2. The highest BCUT2D eigenvalue weighted by Gasteiger charge is 2.30. The number of halogens is 3. The van der Waals surface area contributed by atoms with Crippen molar-refractivity contribution < 1.29 is 9.13 Å². The lowest BCUT2D eigenvalue weighted by Gasteiger charge is -2.35. The molecule has 1 aliphatic heterocycles. The molecule has 5 nitrogen and oxygen atoms in total. The quantitative estimate of drug-likeness (QED) is 0.854. The Morgan fingerprint density at radius 3 is 2.65 bits per heavy atom. The first kappa shape index (κ1) is 20.8. The van der Waals surface area contributed by atoms with Gasteiger partial charge < -0.3 is 19.5 Å². The third-order valence-electron chi connectivity index (χ3n) is 4.92. The Balaban J connectivity index is 0.00000121. The number of aromatic nitrogens is 1. The molecule has 0 radical (unpaired) electrons. The second kappa shape index (κ2) is 8.03. The molecule has 2 aliphatic rings. The molecule has 1 unspecified atom stereocenters. The van der Waals surface area contributed by atoms with Crippen LogP contribution >= 0.6 is 24.8 Å². The molecular formula is C18H24Cl2FN3O2. The van der Waals surface area contributed by atoms with Gasteiger partial charge in [-0.15, -0.1) is 24.8 Å². The van der Waals surface area contributed by atoms with Gasteiger partial charge in [0.25, 0.3) is 0 Å². The first-order chi connectivity index (χ1) is 11.6. The zero-order valence-corrected chi connectivity index (χ0v) is 16.5. The maximum absolute atomic E-state index is 14.9. The van der Waals surface area contributed by atoms with E-state index in [2.05, 4.69) is 16.8 Å². The molecule has 1 aliphatic carbocycles. The smallest absolute Gasteiger partial charge is 0.189 e. The van der Waals surface area contributed by atoms with Crippen LogP contribution in [-0.2, 0) is 0 Å². The van der Waals surface area contributed by atoms with Crippen LogP contribution < -0.4 is 20.4 Å². The van der Waals surface area contributed by atoms with Crippen molar-refractivity contribution in [1.82, 2.24) is 9.88 Å². The predicted molar refractivity (Wildman–Crippen MR) is 107 cm³/mol. The van der Waals surface area contributed by atoms with Gasteiger partial charge in [-0.05, 0) is 25.8 Å². The molecule has 1 atom stereocenters. The summed E-state index contributed by atoms with van der Waals surface area (Å²) in [5.74, 6) is 0.0859. The highest BCUT2D eigenvalue weighted by Crippen LogP contribution is 2.43. The van der Waals surface area contributed by atoms with E-state index in [4.69, 9.17) is 4.74 Å². The normalized spacial score (nSPS) is 19.7. The molecule has 2 fully saturated rings. The van der Waals surface area contributed by atoms with E-state index in [0.29, 0.717) is 36.0 Å². The lowest BCUT2D eigenvalue weighted by Crippen LogP contribution is -2.49. The van der Waals surface area contributed by atoms with Gasteiger partial charge in [-0.2, -0.15) is 0 Å². The van der Waals surface area contributed by atoms with Crippen LogP contribution in [0.25, 0.3) is 10.9 Å². The van der Waals surface area contributed by atoms with E-state index < -0.39 is 0 Å². The van der Waals surface area contributed by atoms with E-state index in [-0.39, 0.29) is 42.1 Å². The number of pyridine rings is 1. The van der Waals surface area contributed by atoms with Crippen LogP contribution in [0.3, 0.4) is 0 Å². The molecule has 2 heterocycles. The van der Waals surface area contributed by atoms with Crippen molar-refractivity contribution in [2.24, 2.45) is 0 Å². The average Bonchev–Trinajstić information content (AvgIpc) is 3.39. The molecule has 1 aromatic heterocycles. The Labute approximate surface area is 164 Å². The molecule has 1 saturated carbocycles. The summed E-state index contributed by atoms with van der Waals surface area (Å²) < 4.78 is 22.6. The molecule has 26 heavy (non-hydrogen) atoms. The van der Waals surface area contributed by atoms with Crippen molar-refractivity contribution in [3.8, 4) is 5.75 Å². The van der Waals surface area contributed by atoms with Crippen LogP contribution in [0.2, 0.25) is 0 Å². The molecule has 144 valence electrons. The molecule has 2 aromatic rings. The van der Waals surface area contributed by atoms with Gasteiger partial charge in [0.1, 0.15) is 5.69 Å². The van der Waals surface area contributed by atoms with E-state index in [1.54, 1.807) is 7.11 Å². The highest BCUT2D eigenvalue weighted by molar-refractivity contribution is 5.91. The number of benzene rings is 1. The Morgan fingerprint density at radius 2 is 2.04 bits per heavy atom. The number of piperazine rings is 1. The largest absolute Gasteiger partial charge is 0.492 e. The maximum atomic E-state index is 14.9. The maximum Gasteiger partial charge on any atom is 0.189 e. The van der Waals surface area contributed by atoms with Crippen molar-refractivity contribution in [2.45, 2.75) is 31.8 Å². The van der Waals surface area contributed by atoms with Gasteiger partial charge in [-0.25, -0.2) is 4.39 Å². The number of hydrogen-bond donors (Lipinski definition) is 1. The standard InChI is InChI=1S/C18H22FN3O2.2ClH/c1-11-10-21(8-6-20-11)17-14(19)9-13-15(23)5-7-22(12-3-4-12)16(13)18(17)24-2;;/h5,7,9,11-12,20H,3-4,6,8,10H2,1-2H3;2*1H. The molecule has 0 bridgehead atoms. The number of rotatable bonds is 3. The Bertz CT molecular complexity index is 854. The van der Waals surface area contributed by atoms with Gasteiger partial charge >= 0.3 is 0 Å². The molecule has 0 spiro atoms. The summed E-state index contributed by atoms with van der Waals surface area (Å²) in [6.07, 6.45) is 3.98. The predicted octanol–water partition coefficient (Wildman–Crippen LogP) is 3.13. The lowest BCUT2D eigenvalue weighted by molar-refractivity contribution is 0.407. The van der Waals surface area contributed by atoms with E-state index in [0.717, 1.165) is 24.9 Å². The summed E-state index contributed by atoms with van der Waals surface area (Å²) in [5.41, 5.74) is 1.02. The second-order valence-corrected chi connectivity index (χ2v) is 6.76. The first-order valence-electron chi connectivity index (χ1n) is 8.50. The minimum Gasteiger partial charge on any atom is -0.492 e. The van der Waals surface area contributed by atoms with Gasteiger partial charge in [0.2, 0.25) is 0 Å². The lowest BCUT2D eigenvalue weighted by atomic mass is 10.1. The molecule has 1 saturated heterocycles. The van der Waals surface area contributed by atoms with Crippen LogP contribution in [0.4, 0.5) is 10.1 Å². The van der Waals surface area contributed by atoms with E-state index in [1.807, 2.05) is 11.1 Å². The molecule has 0 amide bonds. The number of hydrogen-bond acceptors (Lipinski definition) is 4. The fourth-order valence-corrected chi connectivity index (χ4v) is 3.64. The number of anilines is 1. The Morgan fingerprint density at radius 1 is 1.31 bits per heavy atom. The van der Waals surface area contributed by atoms with Crippen LogP contribution in [0.5, 0.6) is 5.75 Å². The van der Waals surface area contributed by atoms with Crippen molar-refractivity contribution in [3.05, 3.63) is 34.4 Å². The van der Waals surface area contributed by atoms with Gasteiger partial charge in [0.15, 0.2) is 17.0 Å². The molecule has 1 N–H and O–H groups in total. The zero-order chi connectivity index (χ0) is 16.8. The number of methoxy groups -OCH3 is 1. The summed E-state index contributed by atoms with van der Waals surface area (Å²) in [6.45, 7) is 4.30. The van der Waals surface area contributed by atoms with Crippen LogP contribution in [-0.4, -0.2) is 37.4 Å². The first-order valence-corrected chi connectivity index (χ1v) is 8.50. The minimum atomic E-state index is -0.390. The monoisotopic (exact) mass is 403 g/mol. The second-order valence-electron chi connectivity index (χ2n) is 6.76. The fraction of sp³-hybridized carbons (Fsp3) is 0.500. The Hall–Kier alpha value is -1.50. The zero-order valence-electron chi connectivity index (χ0n) is 14.8. The van der Waals surface area contributed by atoms with Crippen LogP contribution in [0.1, 0.15) is 25.8 Å². The van der Waals surface area contributed by atoms with Gasteiger partial charge in [0.05, 0.1) is 18.0 Å². The molecule has 4 rings (SSSR count). The molecule has 1 aromatic carbocycles. The number of fused-ring (bicyclic) bond motifs is 1. The van der Waals surface area contributed by atoms with Crippen LogP contribution in [0, 0.1) is 5.82 Å². The summed E-state index contributed by atoms with van der Waals surface area (Å²) in [5, 5.41) is 3.76. The van der Waals surface area contributed by atoms with Crippen molar-refractivity contribution in [1.29, 1.82) is 0 Å². The van der Waals surface area contributed by atoms with Gasteiger partial charge in [-0.1, -0.05) is 0 Å². The van der Waals surface area contributed by atoms with E-state index in [9.17, 15) is 9.18 Å². The summed E-state index contributed by atoms with van der Waals surface area (Å²) >= 11 is 0. The average molecular weight is 404 g/mol. The summed E-state index contributed by atoms with van der Waals surface area (Å²) in [7, 11) is 1.55. The molecular weight excluding hydrogens is 380 g/mol. The third-order valence-corrected chi connectivity index (χ3v) is 4.92. The van der Waals surface area contributed by atoms with Gasteiger partial charge in [0, 0.05) is 44.0 Å². The fourth-order valence-electron chi connectivity index (χ4n) is 3.64. The van der Waals surface area contributed by atoms with Gasteiger partial charge in [-0.3, -0.25) is 4.79 Å². The number of nitrogens with one attached hydrogen (secondary N) is 1. The topological polar surface area (TPSA) is 46.5 Å². The summed E-state index contributed by atoms with van der Waals surface area (Å²) in [6, 6.07) is 3.55. The van der Waals surface area contributed by atoms with E-state index >= 15 is 0 Å².